The lowest BCUT2D eigenvalue weighted by Crippen LogP contribution is -2.40. The molecule has 1 heterocycles. The van der Waals surface area contributed by atoms with E-state index in [1.54, 1.807) is 24.0 Å². The normalized spacial score (nSPS) is 20.4. The van der Waals surface area contributed by atoms with Gasteiger partial charge in [-0.25, -0.2) is 0 Å². The highest BCUT2D eigenvalue weighted by molar-refractivity contribution is 6.30. The van der Waals surface area contributed by atoms with Gasteiger partial charge in [0.15, 0.2) is 6.10 Å². The van der Waals surface area contributed by atoms with Crippen LogP contribution in [0, 0.1) is 6.92 Å². The molecule has 1 aromatic rings. The minimum Gasteiger partial charge on any atom is -0.481 e. The summed E-state index contributed by atoms with van der Waals surface area (Å²) in [7, 11) is 0. The van der Waals surface area contributed by atoms with E-state index in [1.807, 2.05) is 13.0 Å². The second-order valence-corrected chi connectivity index (χ2v) is 5.44. The zero-order chi connectivity index (χ0) is 14.0. The summed E-state index contributed by atoms with van der Waals surface area (Å²) in [6, 6.07) is 5.46. The van der Waals surface area contributed by atoms with E-state index in [2.05, 4.69) is 0 Å². The summed E-state index contributed by atoms with van der Waals surface area (Å²) in [5.41, 5.74) is 6.73. The molecule has 5 heteroatoms. The highest BCUT2D eigenvalue weighted by Crippen LogP contribution is 2.23. The van der Waals surface area contributed by atoms with Crippen molar-refractivity contribution in [3.63, 3.8) is 0 Å². The van der Waals surface area contributed by atoms with Crippen molar-refractivity contribution >= 4 is 17.5 Å². The number of nitrogens with two attached hydrogens (primary N) is 1. The number of rotatable bonds is 3. The molecule has 0 bridgehead atoms. The van der Waals surface area contributed by atoms with Crippen LogP contribution in [0.15, 0.2) is 18.2 Å². The molecule has 0 radical (unpaired) electrons. The molecule has 1 aliphatic rings. The van der Waals surface area contributed by atoms with Crippen LogP contribution in [0.2, 0.25) is 5.02 Å². The number of halogens is 1. The predicted molar refractivity (Wildman–Crippen MR) is 75.5 cm³/mol. The predicted octanol–water partition coefficient (Wildman–Crippen LogP) is 1.98. The fraction of sp³-hybridized carbons (Fsp3) is 0.500. The van der Waals surface area contributed by atoms with E-state index in [0.29, 0.717) is 23.9 Å². The molecule has 1 fully saturated rings. The second kappa shape index (κ2) is 5.80. The molecule has 1 aromatic carbocycles. The van der Waals surface area contributed by atoms with Crippen LogP contribution in [0.25, 0.3) is 0 Å². The third-order valence-electron chi connectivity index (χ3n) is 3.32. The largest absolute Gasteiger partial charge is 0.481 e. The Morgan fingerprint density at radius 1 is 1.58 bits per heavy atom. The summed E-state index contributed by atoms with van der Waals surface area (Å²) < 4.78 is 5.72. The number of hydrogen-bond acceptors (Lipinski definition) is 3. The molecule has 2 N–H and O–H groups in total. The van der Waals surface area contributed by atoms with Gasteiger partial charge in [0.25, 0.3) is 5.91 Å². The van der Waals surface area contributed by atoms with E-state index in [0.717, 1.165) is 12.0 Å². The average molecular weight is 283 g/mol. The number of benzene rings is 1. The number of aryl methyl sites for hydroxylation is 1. The van der Waals surface area contributed by atoms with Gasteiger partial charge in [-0.2, -0.15) is 0 Å². The van der Waals surface area contributed by atoms with E-state index < -0.39 is 6.10 Å². The van der Waals surface area contributed by atoms with Crippen molar-refractivity contribution in [1.82, 2.24) is 4.90 Å². The van der Waals surface area contributed by atoms with E-state index in [1.165, 1.54) is 0 Å². The van der Waals surface area contributed by atoms with Gasteiger partial charge in [0.2, 0.25) is 0 Å². The van der Waals surface area contributed by atoms with E-state index in [4.69, 9.17) is 22.1 Å². The van der Waals surface area contributed by atoms with Crippen LogP contribution in [-0.4, -0.2) is 36.0 Å². The number of likely N-dealkylation sites (tertiary alicyclic amines) is 1. The summed E-state index contributed by atoms with van der Waals surface area (Å²) in [6.45, 7) is 5.00. The van der Waals surface area contributed by atoms with Crippen LogP contribution >= 0.6 is 11.6 Å². The molecule has 2 rings (SSSR count). The molecular weight excluding hydrogens is 264 g/mol. The molecule has 0 aliphatic carbocycles. The third-order valence-corrected chi connectivity index (χ3v) is 3.56. The maximum Gasteiger partial charge on any atom is 0.263 e. The maximum absolute atomic E-state index is 12.2. The summed E-state index contributed by atoms with van der Waals surface area (Å²) in [5.74, 6) is 0.677. The highest BCUT2D eigenvalue weighted by atomic mass is 35.5. The van der Waals surface area contributed by atoms with Crippen molar-refractivity contribution < 1.29 is 9.53 Å². The van der Waals surface area contributed by atoms with Gasteiger partial charge in [0.1, 0.15) is 5.75 Å². The minimum absolute atomic E-state index is 0.0118. The second-order valence-electron chi connectivity index (χ2n) is 5.00. The molecule has 1 saturated heterocycles. The number of carbonyl (C=O) groups excluding carboxylic acids is 1. The van der Waals surface area contributed by atoms with Crippen LogP contribution in [0.5, 0.6) is 5.75 Å². The van der Waals surface area contributed by atoms with Crippen LogP contribution in [0.1, 0.15) is 18.9 Å². The molecule has 2 atom stereocenters. The lowest BCUT2D eigenvalue weighted by atomic mass is 10.2. The Kier molecular flexibility index (Phi) is 4.32. The molecule has 0 unspecified atom stereocenters. The average Bonchev–Trinajstić information content (AvgIpc) is 2.78. The maximum atomic E-state index is 12.2. The number of ether oxygens (including phenoxy) is 1. The van der Waals surface area contributed by atoms with E-state index in [9.17, 15) is 4.79 Å². The fourth-order valence-electron chi connectivity index (χ4n) is 2.23. The minimum atomic E-state index is -0.509. The zero-order valence-electron chi connectivity index (χ0n) is 11.2. The Balaban J connectivity index is 2.00. The molecule has 104 valence electrons. The van der Waals surface area contributed by atoms with Crippen molar-refractivity contribution in [3.05, 3.63) is 28.8 Å². The SMILES string of the molecule is Cc1cc(Cl)ccc1O[C@H](C)C(=O)N1CC[C@H](N)C1. The summed E-state index contributed by atoms with van der Waals surface area (Å²) in [4.78, 5) is 14.0. The first kappa shape index (κ1) is 14.2. The van der Waals surface area contributed by atoms with Gasteiger partial charge in [0.05, 0.1) is 0 Å². The van der Waals surface area contributed by atoms with Gasteiger partial charge in [-0.3, -0.25) is 4.79 Å². The molecular formula is C14H19ClN2O2. The quantitative estimate of drug-likeness (QED) is 0.922. The number of carbonyl (C=O) groups is 1. The van der Waals surface area contributed by atoms with Gasteiger partial charge >= 0.3 is 0 Å². The molecule has 1 amide bonds. The molecule has 1 aliphatic heterocycles. The highest BCUT2D eigenvalue weighted by Gasteiger charge is 2.28. The van der Waals surface area contributed by atoms with Gasteiger partial charge in [-0.1, -0.05) is 11.6 Å². The van der Waals surface area contributed by atoms with Crippen molar-refractivity contribution in [3.8, 4) is 5.75 Å². The molecule has 0 aromatic heterocycles. The van der Waals surface area contributed by atoms with Crippen molar-refractivity contribution in [2.45, 2.75) is 32.4 Å². The molecule has 4 nitrogen and oxygen atoms in total. The Morgan fingerprint density at radius 3 is 2.89 bits per heavy atom. The number of amides is 1. The fourth-order valence-corrected chi connectivity index (χ4v) is 2.46. The first-order valence-electron chi connectivity index (χ1n) is 6.44. The van der Waals surface area contributed by atoms with Gasteiger partial charge in [0, 0.05) is 24.2 Å². The first-order chi connectivity index (χ1) is 8.97. The zero-order valence-corrected chi connectivity index (χ0v) is 12.0. The Bertz CT molecular complexity index is 479. The molecule has 0 saturated carbocycles. The Morgan fingerprint density at radius 2 is 2.32 bits per heavy atom. The van der Waals surface area contributed by atoms with E-state index in [-0.39, 0.29) is 11.9 Å². The first-order valence-corrected chi connectivity index (χ1v) is 6.82. The summed E-state index contributed by atoms with van der Waals surface area (Å²) in [5, 5.41) is 0.661. The molecule has 19 heavy (non-hydrogen) atoms. The third kappa shape index (κ3) is 3.39. The lowest BCUT2D eigenvalue weighted by Gasteiger charge is -2.22. The van der Waals surface area contributed by atoms with Crippen molar-refractivity contribution in [2.24, 2.45) is 5.73 Å². The lowest BCUT2D eigenvalue weighted by molar-refractivity contribution is -0.136. The van der Waals surface area contributed by atoms with Crippen molar-refractivity contribution in [2.75, 3.05) is 13.1 Å². The van der Waals surface area contributed by atoms with Gasteiger partial charge in [-0.15, -0.1) is 0 Å². The van der Waals surface area contributed by atoms with Gasteiger partial charge < -0.3 is 15.4 Å². The van der Waals surface area contributed by atoms with Crippen molar-refractivity contribution in [1.29, 1.82) is 0 Å². The Labute approximate surface area is 118 Å². The standard InChI is InChI=1S/C14H19ClN2O2/c1-9-7-11(15)3-4-13(9)19-10(2)14(18)17-6-5-12(16)8-17/h3-4,7,10,12H,5-6,8,16H2,1-2H3/t10-,12+/m1/s1. The van der Waals surface area contributed by atoms with E-state index >= 15 is 0 Å². The van der Waals surface area contributed by atoms with Crippen LogP contribution < -0.4 is 10.5 Å². The van der Waals surface area contributed by atoms with Gasteiger partial charge in [-0.05, 0) is 44.0 Å². The van der Waals surface area contributed by atoms with Crippen LogP contribution in [0.4, 0.5) is 0 Å². The Hall–Kier alpha value is -1.26. The van der Waals surface area contributed by atoms with Crippen LogP contribution in [0.3, 0.4) is 0 Å². The molecule has 0 spiro atoms. The topological polar surface area (TPSA) is 55.6 Å². The summed E-state index contributed by atoms with van der Waals surface area (Å²) in [6.07, 6.45) is 0.350. The monoisotopic (exact) mass is 282 g/mol. The number of hydrogen-bond donors (Lipinski definition) is 1. The number of nitrogens with zero attached hydrogens (tertiary/aromatic N) is 1. The smallest absolute Gasteiger partial charge is 0.263 e. The summed E-state index contributed by atoms with van der Waals surface area (Å²) >= 11 is 5.89. The van der Waals surface area contributed by atoms with Crippen LogP contribution in [-0.2, 0) is 4.79 Å².